The molecule has 1 saturated carbocycles. The van der Waals surface area contributed by atoms with Crippen LogP contribution in [-0.4, -0.2) is 93.0 Å². The molecule has 14 heteroatoms. The lowest BCUT2D eigenvalue weighted by atomic mass is 9.55. The highest BCUT2D eigenvalue weighted by molar-refractivity contribution is 6.03. The zero-order valence-corrected chi connectivity index (χ0v) is 34.8. The van der Waals surface area contributed by atoms with Crippen molar-refractivity contribution in [3.63, 3.8) is 0 Å². The van der Waals surface area contributed by atoms with Crippen LogP contribution in [0.25, 0.3) is 0 Å². The zero-order chi connectivity index (χ0) is 42.6. The van der Waals surface area contributed by atoms with Crippen molar-refractivity contribution >= 4 is 23.6 Å². The van der Waals surface area contributed by atoms with Crippen LogP contribution < -0.4 is 24.3 Å². The third kappa shape index (κ3) is 9.56. The highest BCUT2D eigenvalue weighted by Crippen LogP contribution is 2.61. The molecule has 6 unspecified atom stereocenters. The smallest absolute Gasteiger partial charge is 0.417 e. The quantitative estimate of drug-likeness (QED) is 0.0612. The van der Waals surface area contributed by atoms with E-state index in [2.05, 4.69) is 23.1 Å². The molecule has 3 aromatic rings. The molecule has 6 rings (SSSR count). The maximum Gasteiger partial charge on any atom is 0.417 e. The molecule has 3 aliphatic rings. The van der Waals surface area contributed by atoms with Gasteiger partial charge in [0.25, 0.3) is 0 Å². The molecular weight excluding hydrogens is 771 g/mol. The Hall–Kier alpha value is -5.57. The Balaban J connectivity index is 1.46. The molecule has 0 spiro atoms. The van der Waals surface area contributed by atoms with Crippen molar-refractivity contribution in [2.75, 3.05) is 53.5 Å². The van der Waals surface area contributed by atoms with E-state index < -0.39 is 29.9 Å². The average molecular weight is 828 g/mol. The van der Waals surface area contributed by atoms with Crippen LogP contribution in [0.2, 0.25) is 0 Å². The van der Waals surface area contributed by atoms with Gasteiger partial charge in [-0.3, -0.25) is 5.32 Å². The molecule has 14 nitrogen and oxygen atoms in total. The molecular formula is C46H57N3O11. The normalized spacial score (nSPS) is 23.2. The van der Waals surface area contributed by atoms with E-state index in [0.717, 1.165) is 42.4 Å². The number of allylic oxidation sites excluding steroid dienone is 1. The molecule has 1 aliphatic heterocycles. The van der Waals surface area contributed by atoms with E-state index in [-0.39, 0.29) is 56.4 Å². The second kappa shape index (κ2) is 20.6. The van der Waals surface area contributed by atoms with E-state index in [0.29, 0.717) is 41.5 Å². The fourth-order valence-electron chi connectivity index (χ4n) is 8.99. The van der Waals surface area contributed by atoms with Crippen molar-refractivity contribution < 1.29 is 53.1 Å². The van der Waals surface area contributed by atoms with Gasteiger partial charge in [0.05, 0.1) is 38.1 Å². The highest BCUT2D eigenvalue weighted by atomic mass is 16.7. The van der Waals surface area contributed by atoms with Gasteiger partial charge in [0.15, 0.2) is 0 Å². The molecule has 6 atom stereocenters. The molecule has 1 fully saturated rings. The van der Waals surface area contributed by atoms with Gasteiger partial charge in [-0.1, -0.05) is 60.5 Å². The first kappa shape index (κ1) is 44.0. The maximum absolute atomic E-state index is 14.0. The molecule has 0 saturated heterocycles. The minimum absolute atomic E-state index is 0.0242. The monoisotopic (exact) mass is 827 g/mol. The number of rotatable bonds is 19. The van der Waals surface area contributed by atoms with E-state index >= 15 is 0 Å². The number of hydrogen-bond donors (Lipinski definition) is 3. The number of anilines is 1. The van der Waals surface area contributed by atoms with Gasteiger partial charge in [0.1, 0.15) is 42.8 Å². The van der Waals surface area contributed by atoms with Crippen molar-refractivity contribution in [2.24, 2.45) is 22.9 Å². The number of hydrogen-bond acceptors (Lipinski definition) is 12. The summed E-state index contributed by atoms with van der Waals surface area (Å²) < 4.78 is 36.6. The maximum atomic E-state index is 14.0. The van der Waals surface area contributed by atoms with Crippen LogP contribution in [0.15, 0.2) is 96.2 Å². The first-order valence-corrected chi connectivity index (χ1v) is 20.5. The summed E-state index contributed by atoms with van der Waals surface area (Å²) in [5.74, 6) is -0.557. The molecule has 60 heavy (non-hydrogen) atoms. The average Bonchev–Trinajstić information content (AvgIpc) is 3.26. The van der Waals surface area contributed by atoms with Gasteiger partial charge >= 0.3 is 12.2 Å². The SMILES string of the molecule is C=CCOC12Oc3ccc(OC(=O)Nc4ccc(OC)cc4OC)cc3C3C(CCCCO)C(CCCCO)C=C(C(=NOC)CC1N(C)C(=O)OCc1ccccc1)C32. The lowest BCUT2D eigenvalue weighted by Crippen LogP contribution is -2.69. The number of likely N-dealkylation sites (N-methyl/N-ethyl adjacent to an activating group) is 1. The Morgan fingerprint density at radius 1 is 0.967 bits per heavy atom. The molecule has 3 N–H and O–H groups in total. The molecule has 0 radical (unpaired) electrons. The summed E-state index contributed by atoms with van der Waals surface area (Å²) in [6.45, 7) is 4.27. The molecule has 322 valence electrons. The Morgan fingerprint density at radius 3 is 2.42 bits per heavy atom. The fourth-order valence-corrected chi connectivity index (χ4v) is 8.99. The molecule has 0 bridgehead atoms. The van der Waals surface area contributed by atoms with E-state index in [1.54, 1.807) is 50.6 Å². The second-order valence-electron chi connectivity index (χ2n) is 15.2. The number of aliphatic hydroxyl groups is 2. The fraction of sp³-hybridized carbons (Fsp3) is 0.457. The minimum atomic E-state index is -1.46. The van der Waals surface area contributed by atoms with Crippen molar-refractivity contribution in [3.8, 4) is 23.0 Å². The van der Waals surface area contributed by atoms with Crippen LogP contribution in [0.5, 0.6) is 23.0 Å². The Morgan fingerprint density at radius 2 is 1.72 bits per heavy atom. The summed E-state index contributed by atoms with van der Waals surface area (Å²) >= 11 is 0. The number of nitrogens with zero attached hydrogens (tertiary/aromatic N) is 2. The van der Waals surface area contributed by atoms with Gasteiger partial charge in [-0.05, 0) is 79.0 Å². The summed E-state index contributed by atoms with van der Waals surface area (Å²) in [5.41, 5.74) is 3.56. The van der Waals surface area contributed by atoms with Crippen molar-refractivity contribution in [1.29, 1.82) is 0 Å². The molecule has 2 aliphatic carbocycles. The predicted octanol–water partition coefficient (Wildman–Crippen LogP) is 7.85. The Kier molecular flexibility index (Phi) is 15.1. The number of aliphatic hydroxyl groups excluding tert-OH is 2. The summed E-state index contributed by atoms with van der Waals surface area (Å²) in [6.07, 6.45) is 7.15. The first-order chi connectivity index (χ1) is 29.2. The van der Waals surface area contributed by atoms with Gasteiger partial charge in [0.2, 0.25) is 5.79 Å². The van der Waals surface area contributed by atoms with E-state index in [9.17, 15) is 19.8 Å². The van der Waals surface area contributed by atoms with Gasteiger partial charge in [-0.25, -0.2) is 9.59 Å². The topological polar surface area (TPSA) is 167 Å². The number of nitrogens with one attached hydrogen (secondary N) is 1. The number of amides is 2. The molecule has 2 amide bonds. The number of carbonyl (C=O) groups is 2. The van der Waals surface area contributed by atoms with Crippen LogP contribution in [0, 0.1) is 17.8 Å². The zero-order valence-electron chi connectivity index (χ0n) is 34.8. The van der Waals surface area contributed by atoms with E-state index in [4.69, 9.17) is 33.3 Å². The van der Waals surface area contributed by atoms with E-state index in [1.807, 2.05) is 36.4 Å². The second-order valence-corrected chi connectivity index (χ2v) is 15.2. The largest absolute Gasteiger partial charge is 0.497 e. The van der Waals surface area contributed by atoms with Crippen LogP contribution in [0.4, 0.5) is 15.3 Å². The van der Waals surface area contributed by atoms with Gasteiger partial charge < -0.3 is 48.4 Å². The molecule has 0 aromatic heterocycles. The van der Waals surface area contributed by atoms with Crippen molar-refractivity contribution in [1.82, 2.24) is 4.90 Å². The number of unbranched alkanes of at least 4 members (excludes halogenated alkanes) is 2. The number of carbonyl (C=O) groups excluding carboxylic acids is 2. The third-order valence-electron chi connectivity index (χ3n) is 11.7. The lowest BCUT2D eigenvalue weighted by molar-refractivity contribution is -0.253. The number of ether oxygens (including phenoxy) is 6. The summed E-state index contributed by atoms with van der Waals surface area (Å²) in [6, 6.07) is 19.0. The molecule has 1 heterocycles. The van der Waals surface area contributed by atoms with Crippen LogP contribution in [0.1, 0.15) is 62.0 Å². The van der Waals surface area contributed by atoms with E-state index in [1.165, 1.54) is 19.1 Å². The van der Waals surface area contributed by atoms with Crippen LogP contribution >= 0.6 is 0 Å². The minimum Gasteiger partial charge on any atom is -0.497 e. The van der Waals surface area contributed by atoms with Crippen molar-refractivity contribution in [2.45, 2.75) is 69.3 Å². The third-order valence-corrected chi connectivity index (χ3v) is 11.7. The Labute approximate surface area is 351 Å². The first-order valence-electron chi connectivity index (χ1n) is 20.5. The predicted molar refractivity (Wildman–Crippen MR) is 226 cm³/mol. The van der Waals surface area contributed by atoms with Crippen molar-refractivity contribution in [3.05, 3.63) is 102 Å². The van der Waals surface area contributed by atoms with Gasteiger partial charge in [0, 0.05) is 44.2 Å². The van der Waals surface area contributed by atoms with Gasteiger partial charge in [-0.2, -0.15) is 0 Å². The number of fused-ring (bicyclic) bond motifs is 2. The summed E-state index contributed by atoms with van der Waals surface area (Å²) in [4.78, 5) is 34.5. The number of benzene rings is 3. The molecule has 3 aromatic carbocycles. The summed E-state index contributed by atoms with van der Waals surface area (Å²) in [7, 11) is 6.22. The van der Waals surface area contributed by atoms with Crippen LogP contribution in [0.3, 0.4) is 0 Å². The number of oxime groups is 1. The van der Waals surface area contributed by atoms with Crippen LogP contribution in [-0.2, 0) is 20.9 Å². The Bertz CT molecular complexity index is 2010. The summed E-state index contributed by atoms with van der Waals surface area (Å²) in [5, 5.41) is 27.0. The van der Waals surface area contributed by atoms with Gasteiger partial charge in [-0.15, -0.1) is 6.58 Å². The highest BCUT2D eigenvalue weighted by Gasteiger charge is 2.65. The number of methoxy groups -OCH3 is 2. The standard InChI is InChI=1S/C46H57N3O11/c1-6-24-58-46-41(49(2)45(53)57-29-30-14-8-7-9-15-30)28-38(48-56-5)35-25-31(16-10-12-22-50)34(17-11-13-23-51)42(43(35)46)36-26-33(19-21-39(36)60-46)59-44(52)47-37-20-18-32(54-3)27-40(37)55-4/h6-9,14-15,18-21,25-27,31,34,41-43,50-51H,1,10-13,16-17,22-24,28-29H2,2-5H3,(H,47,52). The lowest BCUT2D eigenvalue weighted by Gasteiger charge is -2.59.